The zero-order valence-electron chi connectivity index (χ0n) is 11.1. The van der Waals surface area contributed by atoms with Crippen molar-refractivity contribution in [3.63, 3.8) is 0 Å². The Kier molecular flexibility index (Phi) is 3.71. The lowest BCUT2D eigenvalue weighted by molar-refractivity contribution is -0.389. The maximum atomic E-state index is 12.2. The minimum absolute atomic E-state index is 0.103. The molecule has 0 aliphatic rings. The third kappa shape index (κ3) is 2.48. The summed E-state index contributed by atoms with van der Waals surface area (Å²) in [6, 6.07) is 1.32. The van der Waals surface area contributed by atoms with E-state index in [9.17, 15) is 14.9 Å². The molecule has 8 nitrogen and oxygen atoms in total. The van der Waals surface area contributed by atoms with E-state index in [1.54, 1.807) is 20.8 Å². The Hall–Kier alpha value is -2.03. The van der Waals surface area contributed by atoms with E-state index in [1.807, 2.05) is 0 Å². The van der Waals surface area contributed by atoms with Crippen LogP contribution < -0.4 is 0 Å². The Morgan fingerprint density at radius 3 is 2.50 bits per heavy atom. The fraction of sp³-hybridized carbons (Fsp3) is 0.364. The molecule has 0 atom stereocenters. The lowest BCUT2D eigenvalue weighted by atomic mass is 10.4. The predicted octanol–water partition coefficient (Wildman–Crippen LogP) is 2.02. The van der Waals surface area contributed by atoms with Gasteiger partial charge in [-0.3, -0.25) is 4.79 Å². The van der Waals surface area contributed by atoms with Crippen LogP contribution in [0.3, 0.4) is 0 Å². The van der Waals surface area contributed by atoms with Crippen LogP contribution in [0.1, 0.15) is 21.9 Å². The van der Waals surface area contributed by atoms with Gasteiger partial charge in [-0.05, 0) is 41.6 Å². The lowest BCUT2D eigenvalue weighted by Gasteiger charge is -2.02. The van der Waals surface area contributed by atoms with Gasteiger partial charge in [0.05, 0.1) is 32.7 Å². The van der Waals surface area contributed by atoms with Crippen molar-refractivity contribution in [2.75, 3.05) is 0 Å². The zero-order valence-corrected chi connectivity index (χ0v) is 12.7. The molecule has 0 spiro atoms. The lowest BCUT2D eigenvalue weighted by Crippen LogP contribution is -2.21. The normalized spacial score (nSPS) is 10.8. The molecular formula is C11H12BrN5O3. The first kappa shape index (κ1) is 14.4. The van der Waals surface area contributed by atoms with Crippen molar-refractivity contribution in [2.45, 2.75) is 27.3 Å². The van der Waals surface area contributed by atoms with Gasteiger partial charge in [-0.1, -0.05) is 0 Å². The van der Waals surface area contributed by atoms with E-state index < -0.39 is 4.92 Å². The van der Waals surface area contributed by atoms with E-state index >= 15 is 0 Å². The molecule has 9 heteroatoms. The van der Waals surface area contributed by atoms with Gasteiger partial charge in [0.2, 0.25) is 0 Å². The summed E-state index contributed by atoms with van der Waals surface area (Å²) in [6.45, 7) is 5.10. The number of aryl methyl sites for hydroxylation is 2. The third-order valence-electron chi connectivity index (χ3n) is 2.88. The number of carbonyl (C=O) groups is 1. The van der Waals surface area contributed by atoms with Gasteiger partial charge in [0.15, 0.2) is 0 Å². The molecule has 0 aliphatic heterocycles. The van der Waals surface area contributed by atoms with Crippen molar-refractivity contribution in [3.05, 3.63) is 37.7 Å². The van der Waals surface area contributed by atoms with Crippen LogP contribution in [0.4, 0.5) is 5.82 Å². The number of nitro groups is 1. The van der Waals surface area contributed by atoms with E-state index in [2.05, 4.69) is 26.1 Å². The maximum Gasteiger partial charge on any atom is 0.390 e. The summed E-state index contributed by atoms with van der Waals surface area (Å²) < 4.78 is 3.34. The summed E-state index contributed by atoms with van der Waals surface area (Å²) >= 11 is 3.34. The van der Waals surface area contributed by atoms with E-state index in [-0.39, 0.29) is 18.3 Å². The summed E-state index contributed by atoms with van der Waals surface area (Å²) in [7, 11) is 0. The van der Waals surface area contributed by atoms with Crippen LogP contribution in [0, 0.1) is 30.9 Å². The Labute approximate surface area is 122 Å². The van der Waals surface area contributed by atoms with Crippen LogP contribution in [0.2, 0.25) is 0 Å². The largest absolute Gasteiger partial charge is 0.390 e. The van der Waals surface area contributed by atoms with Gasteiger partial charge in [-0.15, -0.1) is 0 Å². The number of aromatic nitrogens is 4. The average molecular weight is 342 g/mol. The maximum absolute atomic E-state index is 12.2. The minimum Gasteiger partial charge on any atom is -0.358 e. The Bertz CT molecular complexity index is 703. The van der Waals surface area contributed by atoms with Gasteiger partial charge in [0, 0.05) is 0 Å². The monoisotopic (exact) mass is 341 g/mol. The van der Waals surface area contributed by atoms with Crippen LogP contribution in [0.15, 0.2) is 10.5 Å². The van der Waals surface area contributed by atoms with E-state index in [0.29, 0.717) is 17.1 Å². The predicted molar refractivity (Wildman–Crippen MR) is 73.6 cm³/mol. The van der Waals surface area contributed by atoms with Crippen molar-refractivity contribution in [1.82, 2.24) is 19.6 Å². The van der Waals surface area contributed by atoms with Crippen LogP contribution in [0.5, 0.6) is 0 Å². The third-order valence-corrected chi connectivity index (χ3v) is 4.03. The number of hydrogen-bond acceptors (Lipinski definition) is 5. The summed E-state index contributed by atoms with van der Waals surface area (Å²) in [5.74, 6) is -0.581. The van der Waals surface area contributed by atoms with Crippen molar-refractivity contribution in [3.8, 4) is 0 Å². The van der Waals surface area contributed by atoms with Crippen LogP contribution >= 0.6 is 15.9 Å². The summed E-state index contributed by atoms with van der Waals surface area (Å²) in [6.07, 6.45) is 0. The smallest absolute Gasteiger partial charge is 0.358 e. The zero-order chi connectivity index (χ0) is 15.0. The first-order valence-electron chi connectivity index (χ1n) is 5.75. The van der Waals surface area contributed by atoms with Crippen LogP contribution in [0.25, 0.3) is 0 Å². The Balaban J connectivity index is 2.28. The van der Waals surface area contributed by atoms with Gasteiger partial charge < -0.3 is 10.1 Å². The summed E-state index contributed by atoms with van der Waals surface area (Å²) in [4.78, 5) is 22.2. The molecule has 2 aromatic rings. The topological polar surface area (TPSA) is 95.8 Å². The molecular weight excluding hydrogens is 330 g/mol. The molecule has 2 rings (SSSR count). The molecule has 20 heavy (non-hydrogen) atoms. The first-order chi connectivity index (χ1) is 9.31. The van der Waals surface area contributed by atoms with Gasteiger partial charge in [0.1, 0.15) is 6.54 Å². The molecule has 0 bridgehead atoms. The van der Waals surface area contributed by atoms with E-state index in [0.717, 1.165) is 4.47 Å². The Morgan fingerprint density at radius 2 is 2.05 bits per heavy atom. The molecule has 2 heterocycles. The van der Waals surface area contributed by atoms with Gasteiger partial charge in [-0.2, -0.15) is 9.78 Å². The molecule has 0 N–H and O–H groups in total. The number of hydrogen-bond donors (Lipinski definition) is 0. The molecule has 2 aromatic heterocycles. The molecule has 0 saturated carbocycles. The van der Waals surface area contributed by atoms with E-state index in [1.165, 1.54) is 15.4 Å². The highest BCUT2D eigenvalue weighted by Gasteiger charge is 2.20. The number of carbonyl (C=O) groups excluding carboxylic acids is 1. The fourth-order valence-corrected chi connectivity index (χ4v) is 2.05. The highest BCUT2D eigenvalue weighted by Crippen LogP contribution is 2.20. The van der Waals surface area contributed by atoms with Gasteiger partial charge in [0.25, 0.3) is 5.91 Å². The average Bonchev–Trinajstić information content (AvgIpc) is 2.86. The SMILES string of the molecule is Cc1nn(C(=O)Cn2nc([N+](=O)[O-])cc2C)c(C)c1Br. The van der Waals surface area contributed by atoms with Crippen LogP contribution in [-0.4, -0.2) is 30.4 Å². The highest BCUT2D eigenvalue weighted by atomic mass is 79.9. The van der Waals surface area contributed by atoms with Crippen molar-refractivity contribution >= 4 is 27.7 Å². The molecule has 0 aliphatic carbocycles. The van der Waals surface area contributed by atoms with Crippen LogP contribution in [-0.2, 0) is 6.54 Å². The molecule has 0 saturated heterocycles. The number of nitrogens with zero attached hydrogens (tertiary/aromatic N) is 5. The fourth-order valence-electron chi connectivity index (χ4n) is 1.80. The summed E-state index contributed by atoms with van der Waals surface area (Å²) in [5.41, 5.74) is 1.94. The summed E-state index contributed by atoms with van der Waals surface area (Å²) in [5, 5.41) is 18.5. The Morgan fingerprint density at radius 1 is 1.40 bits per heavy atom. The molecule has 0 unspecified atom stereocenters. The highest BCUT2D eigenvalue weighted by molar-refractivity contribution is 9.10. The molecule has 0 aromatic carbocycles. The molecule has 0 radical (unpaired) electrons. The second-order valence-electron chi connectivity index (χ2n) is 4.35. The second-order valence-corrected chi connectivity index (χ2v) is 5.14. The second kappa shape index (κ2) is 5.16. The molecule has 0 amide bonds. The number of rotatable bonds is 3. The van der Waals surface area contributed by atoms with E-state index in [4.69, 9.17) is 0 Å². The first-order valence-corrected chi connectivity index (χ1v) is 6.54. The van der Waals surface area contributed by atoms with Gasteiger partial charge >= 0.3 is 5.82 Å². The minimum atomic E-state index is -0.589. The van der Waals surface area contributed by atoms with Gasteiger partial charge in [-0.25, -0.2) is 4.68 Å². The van der Waals surface area contributed by atoms with Crippen molar-refractivity contribution in [1.29, 1.82) is 0 Å². The molecule has 106 valence electrons. The quantitative estimate of drug-likeness (QED) is 0.628. The standard InChI is InChI=1S/C11H12BrN5O3/c1-6-4-9(17(19)20)14-15(6)5-10(18)16-8(3)11(12)7(2)13-16/h4H,5H2,1-3H3. The molecule has 0 fully saturated rings. The van der Waals surface area contributed by atoms with Crippen molar-refractivity contribution in [2.24, 2.45) is 0 Å². The number of halogens is 1. The van der Waals surface area contributed by atoms with Crippen molar-refractivity contribution < 1.29 is 9.72 Å².